The lowest BCUT2D eigenvalue weighted by Crippen LogP contribution is -2.23. The van der Waals surface area contributed by atoms with Crippen molar-refractivity contribution in [3.05, 3.63) is 325 Å². The van der Waals surface area contributed by atoms with E-state index in [-0.39, 0.29) is 0 Å². The average molecular weight is 983 g/mol. The first-order valence-corrected chi connectivity index (χ1v) is 27.0. The van der Waals surface area contributed by atoms with Crippen LogP contribution in [0.1, 0.15) is 56.4 Å². The first-order valence-electron chi connectivity index (χ1n) is 27.0. The third kappa shape index (κ3) is 10.5. The van der Waals surface area contributed by atoms with E-state index in [9.17, 15) is 0 Å². The summed E-state index contributed by atoms with van der Waals surface area (Å²) in [6.07, 6.45) is 30.3. The molecule has 0 radical (unpaired) electrons. The molecule has 1 atom stereocenters. The van der Waals surface area contributed by atoms with Gasteiger partial charge in [0.25, 0.3) is 0 Å². The molecule has 76 heavy (non-hydrogen) atoms. The summed E-state index contributed by atoms with van der Waals surface area (Å²) in [6, 6.07) is 80.9. The van der Waals surface area contributed by atoms with Crippen LogP contribution in [0, 0.1) is 0 Å². The van der Waals surface area contributed by atoms with Crippen molar-refractivity contribution in [3.63, 3.8) is 0 Å². The summed E-state index contributed by atoms with van der Waals surface area (Å²) in [5.74, 6) is 0.326. The Labute approximate surface area is 449 Å². The standard InChI is InChI=1S/C72H62N4/c1-7-19-61(20-8-1)73(62-21-9-2-10-22-62)67-43-31-55(32-44-67)57-35-47-69(48-36-57)75(65-27-15-5-16-28-65)71-51-39-59(40-52-71)60-41-53-72(54-42-60)76(66-29-17-6-18-30-66)70-49-37-58(38-50-70)56-33-45-68(46-34-56)74(63-23-11-3-12-24-63)64-25-13-4-14-26-64/h1-13,15-25,27-33,35-39,41,43-51,53,56H,14,26,34,40,42,52,54H2. The molecule has 0 fully saturated rings. The van der Waals surface area contributed by atoms with Crippen LogP contribution in [-0.2, 0) is 0 Å². The number of hydrogen-bond donors (Lipinski definition) is 0. The highest BCUT2D eigenvalue weighted by molar-refractivity contribution is 5.79. The topological polar surface area (TPSA) is 13.0 Å². The van der Waals surface area contributed by atoms with Crippen molar-refractivity contribution in [3.8, 4) is 11.1 Å². The lowest BCUT2D eigenvalue weighted by molar-refractivity contribution is 0.823. The van der Waals surface area contributed by atoms with Crippen molar-refractivity contribution < 1.29 is 0 Å². The molecule has 1 unspecified atom stereocenters. The van der Waals surface area contributed by atoms with Gasteiger partial charge in [0.05, 0.1) is 0 Å². The average Bonchev–Trinajstić information content (AvgIpc) is 3.51. The van der Waals surface area contributed by atoms with Gasteiger partial charge in [0.1, 0.15) is 0 Å². The SMILES string of the molecule is C1=CCCC(N(C2=CCC(c3ccc(N(C4=CC=C(C5=CC=C(N(c6ccccc6)c6ccc(-c7ccc(N(c8ccccc8)c8ccccc8)cc7)cc6)CC5)CC4)c4ccccc4)cc3)C=C2)c2ccccc2)=C1. The normalized spacial score (nSPS) is 16.0. The molecule has 4 aliphatic rings. The summed E-state index contributed by atoms with van der Waals surface area (Å²) in [6.45, 7) is 0. The number of hydrogen-bond acceptors (Lipinski definition) is 4. The van der Waals surface area contributed by atoms with Crippen LogP contribution in [0.25, 0.3) is 11.1 Å². The maximum absolute atomic E-state index is 2.45. The zero-order valence-electron chi connectivity index (χ0n) is 43.0. The summed E-state index contributed by atoms with van der Waals surface area (Å²) < 4.78 is 0. The highest BCUT2D eigenvalue weighted by Crippen LogP contribution is 2.42. The number of anilines is 8. The molecule has 0 N–H and O–H groups in total. The minimum atomic E-state index is 0.326. The summed E-state index contributed by atoms with van der Waals surface area (Å²) in [7, 11) is 0. The first-order chi connectivity index (χ1) is 37.7. The van der Waals surface area contributed by atoms with Gasteiger partial charge in [-0.15, -0.1) is 0 Å². The molecule has 0 saturated heterocycles. The Hall–Kier alpha value is -9.12. The van der Waals surface area contributed by atoms with E-state index in [0.29, 0.717) is 5.92 Å². The molecule has 12 rings (SSSR count). The third-order valence-electron chi connectivity index (χ3n) is 15.1. The van der Waals surface area contributed by atoms with Gasteiger partial charge in [-0.3, -0.25) is 0 Å². The maximum Gasteiger partial charge on any atom is 0.0462 e. The number of nitrogens with zero attached hydrogens (tertiary/aromatic N) is 4. The molecule has 0 bridgehead atoms. The molecule has 4 heteroatoms. The molecule has 0 heterocycles. The van der Waals surface area contributed by atoms with Gasteiger partial charge in [0.15, 0.2) is 0 Å². The molecule has 0 spiro atoms. The first kappa shape index (κ1) is 47.9. The van der Waals surface area contributed by atoms with Crippen LogP contribution in [0.5, 0.6) is 0 Å². The van der Waals surface area contributed by atoms with Gasteiger partial charge in [-0.05, 0) is 194 Å². The Morgan fingerprint density at radius 1 is 0.316 bits per heavy atom. The van der Waals surface area contributed by atoms with E-state index >= 15 is 0 Å². The minimum absolute atomic E-state index is 0.326. The molecule has 0 saturated carbocycles. The molecule has 0 aliphatic heterocycles. The Kier molecular flexibility index (Phi) is 14.2. The monoisotopic (exact) mass is 982 g/mol. The summed E-state index contributed by atoms with van der Waals surface area (Å²) in [5, 5.41) is 0. The van der Waals surface area contributed by atoms with Crippen LogP contribution < -0.4 is 19.6 Å². The summed E-state index contributed by atoms with van der Waals surface area (Å²) in [4.78, 5) is 9.62. The minimum Gasteiger partial charge on any atom is -0.315 e. The van der Waals surface area contributed by atoms with Crippen LogP contribution in [-0.4, -0.2) is 0 Å². The van der Waals surface area contributed by atoms with E-state index in [4.69, 9.17) is 0 Å². The molecule has 8 aromatic rings. The second-order valence-electron chi connectivity index (χ2n) is 19.9. The van der Waals surface area contributed by atoms with Crippen molar-refractivity contribution in [2.45, 2.75) is 50.9 Å². The Morgan fingerprint density at radius 3 is 1.08 bits per heavy atom. The molecule has 370 valence electrons. The van der Waals surface area contributed by atoms with Crippen molar-refractivity contribution in [2.24, 2.45) is 0 Å². The molecular formula is C72H62N4. The molecule has 4 nitrogen and oxygen atoms in total. The predicted molar refractivity (Wildman–Crippen MR) is 321 cm³/mol. The number of rotatable bonds is 15. The molecular weight excluding hydrogens is 921 g/mol. The Balaban J connectivity index is 0.754. The Bertz CT molecular complexity index is 3470. The van der Waals surface area contributed by atoms with Gasteiger partial charge in [0, 0.05) is 74.2 Å². The van der Waals surface area contributed by atoms with Gasteiger partial charge >= 0.3 is 0 Å². The highest BCUT2D eigenvalue weighted by Gasteiger charge is 2.24. The largest absolute Gasteiger partial charge is 0.315 e. The van der Waals surface area contributed by atoms with Crippen LogP contribution in [0.2, 0.25) is 0 Å². The van der Waals surface area contributed by atoms with Crippen molar-refractivity contribution in [1.82, 2.24) is 0 Å². The smallest absolute Gasteiger partial charge is 0.0462 e. The van der Waals surface area contributed by atoms with Crippen LogP contribution in [0.3, 0.4) is 0 Å². The van der Waals surface area contributed by atoms with Gasteiger partial charge in [-0.25, -0.2) is 0 Å². The quantitative estimate of drug-likeness (QED) is 0.101. The lowest BCUT2D eigenvalue weighted by atomic mass is 9.89. The van der Waals surface area contributed by atoms with E-state index in [1.807, 2.05) is 0 Å². The van der Waals surface area contributed by atoms with Gasteiger partial charge < -0.3 is 19.6 Å². The predicted octanol–water partition coefficient (Wildman–Crippen LogP) is 19.7. The maximum atomic E-state index is 2.45. The van der Waals surface area contributed by atoms with Crippen molar-refractivity contribution in [1.29, 1.82) is 0 Å². The fourth-order valence-corrected chi connectivity index (χ4v) is 11.2. The van der Waals surface area contributed by atoms with Crippen LogP contribution >= 0.6 is 0 Å². The zero-order chi connectivity index (χ0) is 50.9. The summed E-state index contributed by atoms with van der Waals surface area (Å²) in [5.41, 5.74) is 21.1. The summed E-state index contributed by atoms with van der Waals surface area (Å²) >= 11 is 0. The Morgan fingerprint density at radius 2 is 0.697 bits per heavy atom. The van der Waals surface area contributed by atoms with E-state index in [1.54, 1.807) is 0 Å². The van der Waals surface area contributed by atoms with Crippen molar-refractivity contribution in [2.75, 3.05) is 19.6 Å². The van der Waals surface area contributed by atoms with E-state index in [0.717, 1.165) is 67.7 Å². The second kappa shape index (κ2) is 22.6. The van der Waals surface area contributed by atoms with E-state index in [2.05, 4.69) is 305 Å². The van der Waals surface area contributed by atoms with Gasteiger partial charge in [-0.1, -0.05) is 164 Å². The molecule has 0 amide bonds. The van der Waals surface area contributed by atoms with E-state index < -0.39 is 0 Å². The number of allylic oxidation sites excluding steroid dienone is 15. The number of para-hydroxylation sites is 5. The van der Waals surface area contributed by atoms with Crippen LogP contribution in [0.15, 0.2) is 319 Å². The van der Waals surface area contributed by atoms with Crippen LogP contribution in [0.4, 0.5) is 45.5 Å². The van der Waals surface area contributed by atoms with Gasteiger partial charge in [0.2, 0.25) is 0 Å². The zero-order valence-corrected chi connectivity index (χ0v) is 43.0. The second-order valence-corrected chi connectivity index (χ2v) is 19.9. The van der Waals surface area contributed by atoms with Gasteiger partial charge in [-0.2, -0.15) is 0 Å². The molecule has 0 aromatic heterocycles. The van der Waals surface area contributed by atoms with E-state index in [1.165, 1.54) is 73.4 Å². The molecule has 4 aliphatic carbocycles. The highest BCUT2D eigenvalue weighted by atomic mass is 15.2. The van der Waals surface area contributed by atoms with Crippen molar-refractivity contribution >= 4 is 45.5 Å². The third-order valence-corrected chi connectivity index (χ3v) is 15.1. The lowest BCUT2D eigenvalue weighted by Gasteiger charge is -2.32. The molecule has 8 aromatic carbocycles. The fourth-order valence-electron chi connectivity index (χ4n) is 11.2. The number of benzene rings is 8. The fraction of sp³-hybridized carbons (Fsp3) is 0.111.